The molecule has 23 heavy (non-hydrogen) atoms. The van der Waals surface area contributed by atoms with E-state index in [1.54, 1.807) is 31.3 Å². The number of benzene rings is 2. The summed E-state index contributed by atoms with van der Waals surface area (Å²) in [7, 11) is 1.64. The van der Waals surface area contributed by atoms with E-state index in [4.69, 9.17) is 11.6 Å². The number of aromatic nitrogens is 1. The lowest BCUT2D eigenvalue weighted by Crippen LogP contribution is -2.28. The van der Waals surface area contributed by atoms with Gasteiger partial charge in [-0.25, -0.2) is 0 Å². The maximum Gasteiger partial charge on any atom is 0.265 e. The van der Waals surface area contributed by atoms with Crippen molar-refractivity contribution >= 4 is 34.1 Å². The Labute approximate surface area is 138 Å². The van der Waals surface area contributed by atoms with Crippen LogP contribution >= 0.6 is 11.6 Å². The highest BCUT2D eigenvalue weighted by Gasteiger charge is 2.21. The van der Waals surface area contributed by atoms with Crippen LogP contribution in [0.5, 0.6) is 0 Å². The van der Waals surface area contributed by atoms with Gasteiger partial charge in [0.1, 0.15) is 5.56 Å². The number of amides is 1. The smallest absolute Gasteiger partial charge is 0.265 e. The molecule has 0 aliphatic rings. The molecule has 1 N–H and O–H groups in total. The second-order valence-corrected chi connectivity index (χ2v) is 5.72. The molecule has 0 bridgehead atoms. The second kappa shape index (κ2) is 5.89. The normalized spacial score (nSPS) is 10.7. The lowest BCUT2D eigenvalue weighted by molar-refractivity contribution is 0.102. The minimum atomic E-state index is -0.507. The maximum absolute atomic E-state index is 12.6. The predicted molar refractivity (Wildman–Crippen MR) is 93.3 cm³/mol. The molecule has 5 heteroatoms. The molecule has 3 aromatic rings. The Hall–Kier alpha value is -2.59. The largest absolute Gasteiger partial charge is 0.322 e. The van der Waals surface area contributed by atoms with Crippen LogP contribution in [0.4, 0.5) is 5.69 Å². The average Bonchev–Trinajstić information content (AvgIpc) is 2.53. The van der Waals surface area contributed by atoms with E-state index in [2.05, 4.69) is 5.32 Å². The molecule has 2 aromatic carbocycles. The van der Waals surface area contributed by atoms with Gasteiger partial charge in [-0.3, -0.25) is 9.59 Å². The van der Waals surface area contributed by atoms with Gasteiger partial charge in [-0.05, 0) is 30.7 Å². The molecule has 1 heterocycles. The molecule has 0 saturated heterocycles. The van der Waals surface area contributed by atoms with Crippen molar-refractivity contribution in [3.63, 3.8) is 0 Å². The van der Waals surface area contributed by atoms with Crippen molar-refractivity contribution in [3.8, 4) is 0 Å². The number of carbonyl (C=O) groups is 1. The van der Waals surface area contributed by atoms with Crippen molar-refractivity contribution in [2.24, 2.45) is 7.05 Å². The minimum Gasteiger partial charge on any atom is -0.322 e. The number of carbonyl (C=O) groups excluding carboxylic acids is 1. The highest BCUT2D eigenvalue weighted by molar-refractivity contribution is 6.39. The van der Waals surface area contributed by atoms with Crippen molar-refractivity contribution in [2.45, 2.75) is 6.92 Å². The van der Waals surface area contributed by atoms with Crippen molar-refractivity contribution < 1.29 is 4.79 Å². The third-order valence-corrected chi connectivity index (χ3v) is 4.21. The molecule has 1 aromatic heterocycles. The summed E-state index contributed by atoms with van der Waals surface area (Å²) < 4.78 is 1.45. The van der Waals surface area contributed by atoms with E-state index < -0.39 is 11.5 Å². The van der Waals surface area contributed by atoms with Gasteiger partial charge in [0.15, 0.2) is 0 Å². The molecule has 0 unspecified atom stereocenters. The van der Waals surface area contributed by atoms with Crippen LogP contribution in [0, 0.1) is 6.92 Å². The van der Waals surface area contributed by atoms with Gasteiger partial charge in [-0.2, -0.15) is 0 Å². The summed E-state index contributed by atoms with van der Waals surface area (Å²) in [5.41, 5.74) is 1.77. The summed E-state index contributed by atoms with van der Waals surface area (Å²) in [6.45, 7) is 1.90. The van der Waals surface area contributed by atoms with E-state index >= 15 is 0 Å². The fraction of sp³-hybridized carbons (Fsp3) is 0.111. The predicted octanol–water partition coefficient (Wildman–Crippen LogP) is 3.75. The molecule has 0 atom stereocenters. The molecule has 0 spiro atoms. The summed E-state index contributed by atoms with van der Waals surface area (Å²) in [6.07, 6.45) is 0. The molecule has 0 fully saturated rings. The average molecular weight is 327 g/mol. The standard InChI is InChI=1S/C18H15ClN2O2/c1-11-7-6-10-13-14(11)16(19)15(18(23)21(13)2)17(22)20-12-8-4-3-5-9-12/h3-10H,1-2H3,(H,20,22). The van der Waals surface area contributed by atoms with E-state index in [1.807, 2.05) is 31.2 Å². The van der Waals surface area contributed by atoms with Crippen LogP contribution in [0.25, 0.3) is 10.9 Å². The molecule has 4 nitrogen and oxygen atoms in total. The maximum atomic E-state index is 12.6. The highest BCUT2D eigenvalue weighted by atomic mass is 35.5. The zero-order valence-corrected chi connectivity index (χ0v) is 13.5. The monoisotopic (exact) mass is 326 g/mol. The number of hydrogen-bond donors (Lipinski definition) is 1. The van der Waals surface area contributed by atoms with Crippen LogP contribution < -0.4 is 10.9 Å². The first-order valence-corrected chi connectivity index (χ1v) is 7.52. The van der Waals surface area contributed by atoms with Crippen molar-refractivity contribution in [1.82, 2.24) is 4.57 Å². The van der Waals surface area contributed by atoms with Gasteiger partial charge in [0, 0.05) is 18.1 Å². The Kier molecular flexibility index (Phi) is 3.92. The molecule has 0 aliphatic carbocycles. The molecular formula is C18H15ClN2O2. The van der Waals surface area contributed by atoms with Crippen LogP contribution in [-0.4, -0.2) is 10.5 Å². The third kappa shape index (κ3) is 2.62. The SMILES string of the molecule is Cc1cccc2c1c(Cl)c(C(=O)Nc1ccccc1)c(=O)n2C. The lowest BCUT2D eigenvalue weighted by atomic mass is 10.1. The summed E-state index contributed by atoms with van der Waals surface area (Å²) in [5.74, 6) is -0.507. The topological polar surface area (TPSA) is 51.1 Å². The van der Waals surface area contributed by atoms with Crippen LogP contribution in [0.2, 0.25) is 5.02 Å². The first-order valence-electron chi connectivity index (χ1n) is 7.15. The van der Waals surface area contributed by atoms with E-state index in [1.165, 1.54) is 4.57 Å². The van der Waals surface area contributed by atoms with Crippen LogP contribution in [-0.2, 0) is 7.05 Å². The van der Waals surface area contributed by atoms with Crippen LogP contribution in [0.3, 0.4) is 0 Å². The summed E-state index contributed by atoms with van der Waals surface area (Å²) in [5, 5.41) is 3.62. The number of nitrogens with one attached hydrogen (secondary N) is 1. The zero-order valence-electron chi connectivity index (χ0n) is 12.8. The Balaban J connectivity index is 2.20. The van der Waals surface area contributed by atoms with Crippen LogP contribution in [0.15, 0.2) is 53.3 Å². The summed E-state index contributed by atoms with van der Waals surface area (Å²) in [4.78, 5) is 25.1. The third-order valence-electron chi connectivity index (χ3n) is 3.83. The number of para-hydroxylation sites is 1. The zero-order chi connectivity index (χ0) is 16.6. The Bertz CT molecular complexity index is 962. The molecule has 3 rings (SSSR count). The van der Waals surface area contributed by atoms with Gasteiger partial charge in [0.05, 0.1) is 10.5 Å². The van der Waals surface area contributed by atoms with Gasteiger partial charge in [0.2, 0.25) is 0 Å². The molecular weight excluding hydrogens is 312 g/mol. The fourth-order valence-electron chi connectivity index (χ4n) is 2.63. The number of rotatable bonds is 2. The fourth-order valence-corrected chi connectivity index (χ4v) is 3.04. The second-order valence-electron chi connectivity index (χ2n) is 5.34. The number of nitrogens with zero attached hydrogens (tertiary/aromatic N) is 1. The molecule has 0 aliphatic heterocycles. The van der Waals surface area contributed by atoms with Gasteiger partial charge >= 0.3 is 0 Å². The van der Waals surface area contributed by atoms with Gasteiger partial charge in [0.25, 0.3) is 11.5 Å². The minimum absolute atomic E-state index is 0.0418. The quantitative estimate of drug-likeness (QED) is 0.779. The van der Waals surface area contributed by atoms with Gasteiger partial charge < -0.3 is 9.88 Å². The van der Waals surface area contributed by atoms with E-state index in [0.29, 0.717) is 11.2 Å². The van der Waals surface area contributed by atoms with Gasteiger partial charge in [-0.1, -0.05) is 41.9 Å². The van der Waals surface area contributed by atoms with Crippen molar-refractivity contribution in [1.29, 1.82) is 0 Å². The highest BCUT2D eigenvalue weighted by Crippen LogP contribution is 2.28. The first kappa shape index (κ1) is 15.3. The molecule has 116 valence electrons. The number of fused-ring (bicyclic) bond motifs is 1. The number of hydrogen-bond acceptors (Lipinski definition) is 2. The van der Waals surface area contributed by atoms with E-state index in [9.17, 15) is 9.59 Å². The number of halogens is 1. The number of aryl methyl sites for hydroxylation is 2. The Morgan fingerprint density at radius 1 is 1.09 bits per heavy atom. The first-order chi connectivity index (χ1) is 11.0. The Morgan fingerprint density at radius 3 is 2.48 bits per heavy atom. The van der Waals surface area contributed by atoms with Crippen LogP contribution in [0.1, 0.15) is 15.9 Å². The van der Waals surface area contributed by atoms with Crippen molar-refractivity contribution in [3.05, 3.63) is 75.0 Å². The lowest BCUT2D eigenvalue weighted by Gasteiger charge is -2.13. The van der Waals surface area contributed by atoms with Crippen molar-refractivity contribution in [2.75, 3.05) is 5.32 Å². The van der Waals surface area contributed by atoms with Gasteiger partial charge in [-0.15, -0.1) is 0 Å². The van der Waals surface area contributed by atoms with E-state index in [0.717, 1.165) is 10.9 Å². The Morgan fingerprint density at radius 2 is 1.78 bits per heavy atom. The summed E-state index contributed by atoms with van der Waals surface area (Å²) in [6, 6.07) is 14.5. The molecule has 1 amide bonds. The number of anilines is 1. The van der Waals surface area contributed by atoms with E-state index in [-0.39, 0.29) is 10.6 Å². The molecule has 0 saturated carbocycles. The summed E-state index contributed by atoms with van der Waals surface area (Å²) >= 11 is 6.41. The number of pyridine rings is 1. The molecule has 0 radical (unpaired) electrons.